The van der Waals surface area contributed by atoms with E-state index in [9.17, 15) is 14.0 Å². The van der Waals surface area contributed by atoms with Gasteiger partial charge in [0.05, 0.1) is 6.61 Å². The van der Waals surface area contributed by atoms with Gasteiger partial charge in [-0.1, -0.05) is 30.3 Å². The number of nitrogens with zero attached hydrogens (tertiary/aromatic N) is 2. The number of halogens is 1. The minimum absolute atomic E-state index is 0.0131. The molecule has 2 aliphatic heterocycles. The van der Waals surface area contributed by atoms with Crippen LogP contribution in [0, 0.1) is 11.7 Å². The van der Waals surface area contributed by atoms with E-state index in [-0.39, 0.29) is 29.9 Å². The highest BCUT2D eigenvalue weighted by atomic mass is 19.1. The van der Waals surface area contributed by atoms with Crippen LogP contribution in [-0.4, -0.2) is 59.1 Å². The van der Waals surface area contributed by atoms with Gasteiger partial charge in [-0.3, -0.25) is 4.79 Å². The molecule has 9 heteroatoms. The lowest BCUT2D eigenvalue weighted by Crippen LogP contribution is -2.54. The lowest BCUT2D eigenvalue weighted by Gasteiger charge is -2.39. The van der Waals surface area contributed by atoms with Gasteiger partial charge in [-0.05, 0) is 56.0 Å². The van der Waals surface area contributed by atoms with Crippen LogP contribution in [0.2, 0.25) is 0 Å². The summed E-state index contributed by atoms with van der Waals surface area (Å²) in [6.45, 7) is 3.34. The molecule has 3 atom stereocenters. The minimum Gasteiger partial charge on any atom is -0.449 e. The maximum atomic E-state index is 13.4. The van der Waals surface area contributed by atoms with Crippen LogP contribution < -0.4 is 16.8 Å². The Kier molecular flexibility index (Phi) is 8.55. The maximum Gasteiger partial charge on any atom is 0.409 e. The van der Waals surface area contributed by atoms with Gasteiger partial charge < -0.3 is 21.1 Å². The summed E-state index contributed by atoms with van der Waals surface area (Å²) in [6.07, 6.45) is 4.41. The molecule has 0 spiro atoms. The van der Waals surface area contributed by atoms with Gasteiger partial charge in [0.1, 0.15) is 23.7 Å². The van der Waals surface area contributed by atoms with Gasteiger partial charge in [0.25, 0.3) is 11.7 Å². The average molecular weight is 509 g/mol. The van der Waals surface area contributed by atoms with Gasteiger partial charge in [-0.2, -0.15) is 0 Å². The number of rotatable bonds is 9. The molecule has 2 amide bonds. The van der Waals surface area contributed by atoms with E-state index in [0.717, 1.165) is 12.8 Å². The molecular formula is C28H35FN5O3+. The van der Waals surface area contributed by atoms with E-state index in [0.29, 0.717) is 49.6 Å². The Morgan fingerprint density at radius 3 is 2.59 bits per heavy atom. The smallest absolute Gasteiger partial charge is 0.409 e. The summed E-state index contributed by atoms with van der Waals surface area (Å²) in [5.74, 6) is -0.249. The zero-order valence-electron chi connectivity index (χ0n) is 21.1. The Balaban J connectivity index is 1.41. The van der Waals surface area contributed by atoms with E-state index >= 15 is 0 Å². The molecule has 0 radical (unpaired) electrons. The lowest BCUT2D eigenvalue weighted by atomic mass is 9.86. The van der Waals surface area contributed by atoms with Crippen LogP contribution in [0.15, 0.2) is 66.4 Å². The van der Waals surface area contributed by atoms with Gasteiger partial charge in [-0.25, -0.2) is 19.1 Å². The zero-order chi connectivity index (χ0) is 26.4. The standard InChI is InChI=1S/C28H34FN5O3/c1-19(30)16-21-17-33(28(36)37-15-5-8-20-6-3-2-4-7-20)14-13-25(21)34-18-24(26(31)35)27(34)32-23-11-9-22(29)10-12-23/h2-4,6-7,9-12,18-19,21,25H,5,8,13-17,30H2,1H3,(H2,31,35)/p+1. The molecule has 8 nitrogen and oxygen atoms in total. The number of amides is 2. The fraction of sp³-hybridized carbons (Fsp3) is 0.393. The largest absolute Gasteiger partial charge is 0.449 e. The number of benzene rings is 2. The molecule has 0 saturated carbocycles. The van der Waals surface area contributed by atoms with E-state index in [1.165, 1.54) is 17.7 Å². The summed E-state index contributed by atoms with van der Waals surface area (Å²) in [5.41, 5.74) is 14.0. The van der Waals surface area contributed by atoms with Crippen molar-refractivity contribution >= 4 is 23.5 Å². The second-order valence-electron chi connectivity index (χ2n) is 9.77. The van der Waals surface area contributed by atoms with Crippen LogP contribution in [0.4, 0.5) is 14.9 Å². The van der Waals surface area contributed by atoms with Gasteiger partial charge in [0.2, 0.25) is 0 Å². The van der Waals surface area contributed by atoms with Crippen molar-refractivity contribution in [1.29, 1.82) is 0 Å². The van der Waals surface area contributed by atoms with Crippen LogP contribution in [-0.2, 0) is 16.0 Å². The third kappa shape index (κ3) is 6.74. The third-order valence-electron chi connectivity index (χ3n) is 6.82. The SMILES string of the molecule is CC(N)CC1CN(C(=O)OCCCc2ccccc2)CCC1[N+]1=C(Nc2ccc(F)cc2)C(C(N)=O)=C1. The molecule has 2 aliphatic rings. The summed E-state index contributed by atoms with van der Waals surface area (Å²) in [4.78, 5) is 26.6. The Bertz CT molecular complexity index is 1160. The Morgan fingerprint density at radius 2 is 1.92 bits per heavy atom. The van der Waals surface area contributed by atoms with Crippen molar-refractivity contribution in [2.75, 3.05) is 25.0 Å². The molecule has 0 aromatic heterocycles. The van der Waals surface area contributed by atoms with Crippen LogP contribution >= 0.6 is 0 Å². The summed E-state index contributed by atoms with van der Waals surface area (Å²) in [5, 5.41) is 3.21. The van der Waals surface area contributed by atoms with E-state index in [1.807, 2.05) is 29.7 Å². The number of primary amides is 1. The highest BCUT2D eigenvalue weighted by Gasteiger charge is 2.43. The molecule has 5 N–H and O–H groups in total. The van der Waals surface area contributed by atoms with E-state index in [1.54, 1.807) is 23.2 Å². The number of likely N-dealkylation sites (tertiary alicyclic amines) is 1. The van der Waals surface area contributed by atoms with Crippen LogP contribution in [0.5, 0.6) is 0 Å². The number of amidine groups is 1. The van der Waals surface area contributed by atoms with Crippen molar-refractivity contribution < 1.29 is 23.3 Å². The summed E-state index contributed by atoms with van der Waals surface area (Å²) >= 11 is 0. The molecule has 1 fully saturated rings. The number of hydrogen-bond acceptors (Lipinski definition) is 5. The van der Waals surface area contributed by atoms with E-state index in [4.69, 9.17) is 16.2 Å². The number of carbonyl (C=O) groups excluding carboxylic acids is 2. The van der Waals surface area contributed by atoms with Gasteiger partial charge in [0, 0.05) is 31.5 Å². The number of ether oxygens (including phenoxy) is 1. The summed E-state index contributed by atoms with van der Waals surface area (Å²) in [7, 11) is 0. The molecule has 4 rings (SSSR count). The fourth-order valence-electron chi connectivity index (χ4n) is 5.01. The van der Waals surface area contributed by atoms with Crippen molar-refractivity contribution in [3.63, 3.8) is 0 Å². The zero-order valence-corrected chi connectivity index (χ0v) is 21.1. The second kappa shape index (κ2) is 12.0. The van der Waals surface area contributed by atoms with Crippen LogP contribution in [0.3, 0.4) is 0 Å². The molecule has 37 heavy (non-hydrogen) atoms. The molecule has 2 aromatic carbocycles. The van der Waals surface area contributed by atoms with Crippen molar-refractivity contribution in [3.05, 3.63) is 77.8 Å². The van der Waals surface area contributed by atoms with Gasteiger partial charge >= 0.3 is 6.09 Å². The summed E-state index contributed by atoms with van der Waals surface area (Å²) < 4.78 is 20.9. The molecule has 0 bridgehead atoms. The quantitative estimate of drug-likeness (QED) is 0.356. The first-order valence-corrected chi connectivity index (χ1v) is 12.7. The van der Waals surface area contributed by atoms with Crippen molar-refractivity contribution in [2.45, 2.75) is 44.7 Å². The highest BCUT2D eigenvalue weighted by Crippen LogP contribution is 2.29. The van der Waals surface area contributed by atoms with Crippen molar-refractivity contribution in [3.8, 4) is 0 Å². The minimum atomic E-state index is -0.541. The Hall–Kier alpha value is -3.72. The first-order chi connectivity index (χ1) is 17.8. The number of aryl methyl sites for hydroxylation is 1. The van der Waals surface area contributed by atoms with E-state index in [2.05, 4.69) is 17.4 Å². The number of nitrogens with one attached hydrogen (secondary N) is 1. The molecular weight excluding hydrogens is 473 g/mol. The van der Waals surface area contributed by atoms with Crippen molar-refractivity contribution in [1.82, 2.24) is 4.90 Å². The molecule has 196 valence electrons. The summed E-state index contributed by atoms with van der Waals surface area (Å²) in [6, 6.07) is 16.0. The Labute approximate surface area is 216 Å². The lowest BCUT2D eigenvalue weighted by molar-refractivity contribution is -0.525. The Morgan fingerprint density at radius 1 is 1.19 bits per heavy atom. The molecule has 1 saturated heterocycles. The normalized spacial score (nSPS) is 20.1. The first kappa shape index (κ1) is 26.3. The van der Waals surface area contributed by atoms with Crippen LogP contribution in [0.25, 0.3) is 0 Å². The molecule has 2 aromatic rings. The number of anilines is 1. The molecule has 3 unspecified atom stereocenters. The molecule has 2 heterocycles. The monoisotopic (exact) mass is 508 g/mol. The average Bonchev–Trinajstić information content (AvgIpc) is 2.86. The van der Waals surface area contributed by atoms with Gasteiger partial charge in [-0.15, -0.1) is 0 Å². The van der Waals surface area contributed by atoms with E-state index < -0.39 is 5.91 Å². The predicted molar refractivity (Wildman–Crippen MR) is 140 cm³/mol. The fourth-order valence-corrected chi connectivity index (χ4v) is 5.01. The second-order valence-corrected chi connectivity index (χ2v) is 9.77. The molecule has 0 aliphatic carbocycles. The number of nitrogens with two attached hydrogens (primary N) is 2. The van der Waals surface area contributed by atoms with Crippen molar-refractivity contribution in [2.24, 2.45) is 17.4 Å². The van der Waals surface area contributed by atoms with Crippen LogP contribution in [0.1, 0.15) is 31.7 Å². The number of piperidine rings is 1. The first-order valence-electron chi connectivity index (χ1n) is 12.7. The maximum absolute atomic E-state index is 13.4. The predicted octanol–water partition coefficient (Wildman–Crippen LogP) is 3.23. The topological polar surface area (TPSA) is 114 Å². The third-order valence-corrected chi connectivity index (χ3v) is 6.82. The number of carbonyl (C=O) groups is 2. The highest BCUT2D eigenvalue weighted by molar-refractivity contribution is 6.24. The number of hydrogen-bond donors (Lipinski definition) is 3. The van der Waals surface area contributed by atoms with Gasteiger partial charge in [0.15, 0.2) is 5.57 Å².